The van der Waals surface area contributed by atoms with E-state index in [-0.39, 0.29) is 11.7 Å². The van der Waals surface area contributed by atoms with Crippen molar-refractivity contribution in [3.05, 3.63) is 15.8 Å². The third-order valence-electron chi connectivity index (χ3n) is 2.44. The molecular weight excluding hydrogens is 210 g/mol. The van der Waals surface area contributed by atoms with Crippen molar-refractivity contribution in [3.8, 4) is 0 Å². The minimum absolute atomic E-state index is 0.0470. The zero-order valence-corrected chi connectivity index (χ0v) is 9.94. The summed E-state index contributed by atoms with van der Waals surface area (Å²) < 4.78 is 1.50. The number of rotatable bonds is 5. The first-order valence-corrected chi connectivity index (χ1v) is 5.06. The van der Waals surface area contributed by atoms with Crippen LogP contribution < -0.4 is 10.6 Å². The highest BCUT2D eigenvalue weighted by molar-refractivity contribution is 5.59. The van der Waals surface area contributed by atoms with Gasteiger partial charge in [-0.1, -0.05) is 0 Å². The van der Waals surface area contributed by atoms with Crippen LogP contribution in [0.4, 0.5) is 11.5 Å². The molecule has 16 heavy (non-hydrogen) atoms. The molecule has 1 atom stereocenters. The Labute approximate surface area is 94.0 Å². The molecule has 0 radical (unpaired) electrons. The van der Waals surface area contributed by atoms with E-state index < -0.39 is 4.92 Å². The Kier molecular flexibility index (Phi) is 3.83. The highest BCUT2D eigenvalue weighted by atomic mass is 16.6. The maximum absolute atomic E-state index is 10.9. The monoisotopic (exact) mass is 227 g/mol. The molecule has 0 saturated carbocycles. The summed E-state index contributed by atoms with van der Waals surface area (Å²) in [6.45, 7) is 4.23. The number of aryl methyl sites for hydroxylation is 2. The topological polar surface area (TPSA) is 85.0 Å². The van der Waals surface area contributed by atoms with E-state index in [1.807, 2.05) is 14.0 Å². The lowest BCUT2D eigenvalue weighted by Crippen LogP contribution is -2.30. The molecular formula is C9H17N5O2. The van der Waals surface area contributed by atoms with Gasteiger partial charge in [0.1, 0.15) is 5.69 Å². The Balaban J connectivity index is 2.90. The van der Waals surface area contributed by atoms with Crippen LogP contribution in [-0.2, 0) is 7.05 Å². The maximum atomic E-state index is 10.9. The molecule has 90 valence electrons. The Morgan fingerprint density at radius 2 is 2.25 bits per heavy atom. The average Bonchev–Trinajstić information content (AvgIpc) is 2.49. The molecule has 2 N–H and O–H groups in total. The molecule has 0 aliphatic carbocycles. The van der Waals surface area contributed by atoms with Crippen molar-refractivity contribution in [3.63, 3.8) is 0 Å². The SMILES string of the molecule is CNC(C)CNc1c([N+](=O)[O-])c(C)nn1C. The van der Waals surface area contributed by atoms with Gasteiger partial charge in [-0.05, 0) is 20.9 Å². The van der Waals surface area contributed by atoms with Crippen molar-refractivity contribution in [1.29, 1.82) is 0 Å². The quantitative estimate of drug-likeness (QED) is 0.570. The Bertz CT molecular complexity index is 387. The summed E-state index contributed by atoms with van der Waals surface area (Å²) in [6, 6.07) is 0.231. The van der Waals surface area contributed by atoms with E-state index in [1.54, 1.807) is 14.0 Å². The van der Waals surface area contributed by atoms with Crippen LogP contribution in [-0.4, -0.2) is 34.3 Å². The summed E-state index contributed by atoms with van der Waals surface area (Å²) in [4.78, 5) is 10.5. The molecule has 0 amide bonds. The van der Waals surface area contributed by atoms with Gasteiger partial charge >= 0.3 is 5.69 Å². The van der Waals surface area contributed by atoms with Crippen molar-refractivity contribution in [2.45, 2.75) is 19.9 Å². The Morgan fingerprint density at radius 3 is 2.75 bits per heavy atom. The summed E-state index contributed by atoms with van der Waals surface area (Å²) in [5.74, 6) is 0.449. The Hall–Kier alpha value is -1.63. The van der Waals surface area contributed by atoms with Crippen molar-refractivity contribution < 1.29 is 4.92 Å². The van der Waals surface area contributed by atoms with Gasteiger partial charge in [0.05, 0.1) is 4.92 Å². The molecule has 7 nitrogen and oxygen atoms in total. The van der Waals surface area contributed by atoms with Crippen LogP contribution in [0.1, 0.15) is 12.6 Å². The molecule has 0 fully saturated rings. The molecule has 1 rings (SSSR count). The van der Waals surface area contributed by atoms with Gasteiger partial charge in [-0.25, -0.2) is 4.68 Å². The summed E-state index contributed by atoms with van der Waals surface area (Å²) >= 11 is 0. The van der Waals surface area contributed by atoms with E-state index >= 15 is 0 Å². The predicted molar refractivity (Wildman–Crippen MR) is 61.6 cm³/mol. The summed E-state index contributed by atoms with van der Waals surface area (Å²) in [5, 5.41) is 21.0. The van der Waals surface area contributed by atoms with Crippen molar-refractivity contribution in [2.24, 2.45) is 7.05 Å². The molecule has 0 spiro atoms. The van der Waals surface area contributed by atoms with Gasteiger partial charge < -0.3 is 10.6 Å². The second kappa shape index (κ2) is 4.93. The molecule has 0 aliphatic rings. The van der Waals surface area contributed by atoms with Gasteiger partial charge in [0, 0.05) is 19.6 Å². The number of nitrogens with zero attached hydrogens (tertiary/aromatic N) is 3. The fourth-order valence-corrected chi connectivity index (χ4v) is 1.42. The number of nitro groups is 1. The van der Waals surface area contributed by atoms with Gasteiger partial charge in [0.15, 0.2) is 0 Å². The van der Waals surface area contributed by atoms with E-state index in [9.17, 15) is 10.1 Å². The molecule has 7 heteroatoms. The molecule has 1 aromatic rings. The van der Waals surface area contributed by atoms with E-state index in [4.69, 9.17) is 0 Å². The first-order chi connectivity index (χ1) is 7.47. The summed E-state index contributed by atoms with van der Waals surface area (Å²) in [6.07, 6.45) is 0. The van der Waals surface area contributed by atoms with Crippen LogP contribution in [0.5, 0.6) is 0 Å². The fraction of sp³-hybridized carbons (Fsp3) is 0.667. The third-order valence-corrected chi connectivity index (χ3v) is 2.44. The number of hydrogen-bond donors (Lipinski definition) is 2. The van der Waals surface area contributed by atoms with E-state index in [1.165, 1.54) is 4.68 Å². The first kappa shape index (κ1) is 12.4. The zero-order valence-electron chi connectivity index (χ0n) is 9.94. The van der Waals surface area contributed by atoms with Crippen molar-refractivity contribution in [2.75, 3.05) is 18.9 Å². The maximum Gasteiger partial charge on any atom is 0.333 e. The molecule has 1 unspecified atom stereocenters. The van der Waals surface area contributed by atoms with Gasteiger partial charge in [0.2, 0.25) is 5.82 Å². The van der Waals surface area contributed by atoms with Gasteiger partial charge in [-0.3, -0.25) is 10.1 Å². The highest BCUT2D eigenvalue weighted by Crippen LogP contribution is 2.26. The smallest absolute Gasteiger partial charge is 0.333 e. The van der Waals surface area contributed by atoms with Crippen molar-refractivity contribution >= 4 is 11.5 Å². The number of aromatic nitrogens is 2. The molecule has 0 aliphatic heterocycles. The molecule has 1 heterocycles. The fourth-order valence-electron chi connectivity index (χ4n) is 1.42. The van der Waals surface area contributed by atoms with Crippen LogP contribution in [0.25, 0.3) is 0 Å². The third kappa shape index (κ3) is 2.48. The van der Waals surface area contributed by atoms with Crippen molar-refractivity contribution in [1.82, 2.24) is 15.1 Å². The first-order valence-electron chi connectivity index (χ1n) is 5.06. The lowest BCUT2D eigenvalue weighted by molar-refractivity contribution is -0.384. The van der Waals surface area contributed by atoms with Crippen LogP contribution in [0.15, 0.2) is 0 Å². The van der Waals surface area contributed by atoms with Gasteiger partial charge in [0.25, 0.3) is 0 Å². The number of anilines is 1. The zero-order chi connectivity index (χ0) is 12.3. The molecule has 0 aromatic carbocycles. The molecule has 0 bridgehead atoms. The van der Waals surface area contributed by atoms with Crippen LogP contribution in [0.3, 0.4) is 0 Å². The molecule has 1 aromatic heterocycles. The van der Waals surface area contributed by atoms with Crippen LogP contribution >= 0.6 is 0 Å². The van der Waals surface area contributed by atoms with Crippen LogP contribution in [0, 0.1) is 17.0 Å². The number of hydrogen-bond acceptors (Lipinski definition) is 5. The van der Waals surface area contributed by atoms with Gasteiger partial charge in [-0.2, -0.15) is 5.10 Å². The van der Waals surface area contributed by atoms with Crippen LogP contribution in [0.2, 0.25) is 0 Å². The highest BCUT2D eigenvalue weighted by Gasteiger charge is 2.23. The predicted octanol–water partition coefficient (Wildman–Crippen LogP) is 0.657. The van der Waals surface area contributed by atoms with E-state index in [2.05, 4.69) is 15.7 Å². The van der Waals surface area contributed by atoms with Gasteiger partial charge in [-0.15, -0.1) is 0 Å². The minimum Gasteiger partial charge on any atom is -0.363 e. The summed E-state index contributed by atoms with van der Waals surface area (Å²) in [5.41, 5.74) is 0.470. The van der Waals surface area contributed by atoms with E-state index in [0.29, 0.717) is 18.1 Å². The average molecular weight is 227 g/mol. The normalized spacial score (nSPS) is 12.5. The minimum atomic E-state index is -0.408. The standard InChI is InChI=1S/C9H17N5O2/c1-6(10-3)5-11-9-8(14(15)16)7(2)12-13(9)4/h6,10-11H,5H2,1-4H3. The largest absolute Gasteiger partial charge is 0.363 e. The Morgan fingerprint density at radius 1 is 1.62 bits per heavy atom. The number of nitrogens with one attached hydrogen (secondary N) is 2. The number of likely N-dealkylation sites (N-methyl/N-ethyl adjacent to an activating group) is 1. The lowest BCUT2D eigenvalue weighted by Gasteiger charge is -2.11. The summed E-state index contributed by atoms with van der Waals surface area (Å²) in [7, 11) is 3.53. The lowest BCUT2D eigenvalue weighted by atomic mass is 10.3. The second-order valence-electron chi connectivity index (χ2n) is 3.73. The second-order valence-corrected chi connectivity index (χ2v) is 3.73. The van der Waals surface area contributed by atoms with E-state index in [0.717, 1.165) is 0 Å². The molecule has 0 saturated heterocycles.